The monoisotopic (exact) mass is 618 g/mol. The molecule has 10 heteroatoms. The van der Waals surface area contributed by atoms with Crippen LogP contribution in [0.4, 0.5) is 13.6 Å². The molecule has 0 bridgehead atoms. The first-order valence-electron chi connectivity index (χ1n) is 15.2. The molecule has 5 rings (SSSR count). The van der Waals surface area contributed by atoms with Gasteiger partial charge in [0.25, 0.3) is 0 Å². The molecule has 0 saturated heterocycles. The van der Waals surface area contributed by atoms with Crippen molar-refractivity contribution in [1.82, 2.24) is 19.7 Å². The molecule has 1 saturated carbocycles. The summed E-state index contributed by atoms with van der Waals surface area (Å²) in [6, 6.07) is 9.78. The molecule has 4 aromatic rings. The second kappa shape index (κ2) is 12.2. The minimum atomic E-state index is -1.09. The third-order valence-corrected chi connectivity index (χ3v) is 8.58. The van der Waals surface area contributed by atoms with E-state index >= 15 is 4.39 Å². The number of halogens is 2. The summed E-state index contributed by atoms with van der Waals surface area (Å²) in [5, 5.41) is 5.26. The van der Waals surface area contributed by atoms with E-state index in [1.54, 1.807) is 57.9 Å². The fraction of sp³-hybridized carbons (Fsp3) is 0.429. The van der Waals surface area contributed by atoms with Gasteiger partial charge in [-0.25, -0.2) is 9.18 Å². The molecule has 2 aromatic heterocycles. The Kier molecular flexibility index (Phi) is 8.70. The smallest absolute Gasteiger partial charge is 0.410 e. The maximum absolute atomic E-state index is 15.3. The van der Waals surface area contributed by atoms with Gasteiger partial charge in [0, 0.05) is 60.9 Å². The van der Waals surface area contributed by atoms with Crippen molar-refractivity contribution >= 4 is 22.8 Å². The van der Waals surface area contributed by atoms with E-state index in [0.717, 1.165) is 47.5 Å². The highest BCUT2D eigenvalue weighted by Gasteiger charge is 2.42. The normalized spacial score (nSPS) is 14.2. The Labute approximate surface area is 262 Å². The van der Waals surface area contributed by atoms with Crippen LogP contribution in [0.5, 0.6) is 5.75 Å². The lowest BCUT2D eigenvalue weighted by Gasteiger charge is -2.36. The Balaban J connectivity index is 1.43. The van der Waals surface area contributed by atoms with E-state index in [9.17, 15) is 14.0 Å². The highest BCUT2D eigenvalue weighted by molar-refractivity contribution is 6.00. The van der Waals surface area contributed by atoms with Crippen molar-refractivity contribution in [2.45, 2.75) is 72.4 Å². The molecule has 8 nitrogen and oxygen atoms in total. The number of aryl methyl sites for hydroxylation is 1. The van der Waals surface area contributed by atoms with Crippen LogP contribution in [0.3, 0.4) is 0 Å². The quantitative estimate of drug-likeness (QED) is 0.180. The maximum Gasteiger partial charge on any atom is 0.410 e. The third kappa shape index (κ3) is 6.55. The van der Waals surface area contributed by atoms with Crippen molar-refractivity contribution in [2.24, 2.45) is 12.5 Å². The van der Waals surface area contributed by atoms with Gasteiger partial charge in [-0.1, -0.05) is 19.4 Å². The molecule has 2 heterocycles. The number of amides is 1. The number of carbonyl (C=O) groups excluding carboxylic acids is 2. The number of ether oxygens (including phenoxy) is 2. The van der Waals surface area contributed by atoms with Crippen LogP contribution in [0.15, 0.2) is 42.6 Å². The number of rotatable bonds is 9. The third-order valence-electron chi connectivity index (χ3n) is 8.58. The number of ketones is 1. The fourth-order valence-corrected chi connectivity index (χ4v) is 5.68. The molecular formula is C35H40F2N4O4. The van der Waals surface area contributed by atoms with Crippen LogP contribution < -0.4 is 4.74 Å². The molecule has 0 aliphatic heterocycles. The van der Waals surface area contributed by atoms with Crippen molar-refractivity contribution < 1.29 is 27.8 Å². The fourth-order valence-electron chi connectivity index (χ4n) is 5.68. The number of benzene rings is 2. The van der Waals surface area contributed by atoms with Gasteiger partial charge in [0.15, 0.2) is 17.3 Å². The van der Waals surface area contributed by atoms with Crippen LogP contribution in [0.2, 0.25) is 0 Å². The molecule has 0 radical (unpaired) electrons. The second-order valence-corrected chi connectivity index (χ2v) is 13.2. The number of hydrogen-bond donors (Lipinski definition) is 0. The summed E-state index contributed by atoms with van der Waals surface area (Å²) < 4.78 is 43.0. The van der Waals surface area contributed by atoms with Crippen LogP contribution in [-0.4, -0.2) is 50.8 Å². The number of fused-ring (bicyclic) bond motifs is 1. The molecule has 1 fully saturated rings. The van der Waals surface area contributed by atoms with Gasteiger partial charge in [-0.2, -0.15) is 9.49 Å². The van der Waals surface area contributed by atoms with Crippen molar-refractivity contribution in [1.29, 1.82) is 0 Å². The lowest BCUT2D eigenvalue weighted by Crippen LogP contribution is -2.35. The van der Waals surface area contributed by atoms with E-state index in [4.69, 9.17) is 9.47 Å². The summed E-state index contributed by atoms with van der Waals surface area (Å²) in [6.07, 6.45) is 4.17. The maximum atomic E-state index is 15.3. The number of carbonyl (C=O) groups is 2. The van der Waals surface area contributed by atoms with Crippen LogP contribution in [-0.2, 0) is 24.8 Å². The molecule has 2 aromatic carbocycles. The molecule has 0 spiro atoms. The summed E-state index contributed by atoms with van der Waals surface area (Å²) in [4.78, 5) is 31.9. The molecule has 0 N–H and O–H groups in total. The minimum Gasteiger partial charge on any atom is -0.489 e. The van der Waals surface area contributed by atoms with E-state index in [0.29, 0.717) is 28.8 Å². The Bertz CT molecular complexity index is 1770. The first-order valence-corrected chi connectivity index (χ1v) is 15.2. The Morgan fingerprint density at radius 1 is 1.11 bits per heavy atom. The number of aromatic nitrogens is 3. The summed E-state index contributed by atoms with van der Waals surface area (Å²) in [7, 11) is 3.44. The van der Waals surface area contributed by atoms with Gasteiger partial charge in [0.2, 0.25) is 5.82 Å². The standard InChI is InChI=1S/C35H40F2N4O4/c1-21-24(30(39-41(21)7)32(42)35(5)15-8-16-35)14-18-44-31-25(10-11-27(36)29(31)37)22-9-12-28-26(19-22)23(13-17-38-28)20-40(6)33(43)45-34(2,3)4/h9-13,17,19H,8,14-16,18,20H2,1-7H3. The molecule has 1 aliphatic carbocycles. The summed E-state index contributed by atoms with van der Waals surface area (Å²) in [5.74, 6) is -2.32. The molecular weight excluding hydrogens is 578 g/mol. The van der Waals surface area contributed by atoms with Crippen LogP contribution in [0, 0.1) is 24.0 Å². The van der Waals surface area contributed by atoms with Gasteiger partial charge in [-0.15, -0.1) is 0 Å². The van der Waals surface area contributed by atoms with Crippen molar-refractivity contribution in [3.8, 4) is 16.9 Å². The van der Waals surface area contributed by atoms with E-state index in [2.05, 4.69) is 10.1 Å². The SMILES string of the molecule is Cc1c(CCOc2c(-c3ccc4nccc(CN(C)C(=O)OC(C)(C)C)c4c3)ccc(F)c2F)c(C(=O)C2(C)CCC2)nn1C. The van der Waals surface area contributed by atoms with Crippen LogP contribution in [0.1, 0.15) is 74.3 Å². The van der Waals surface area contributed by atoms with E-state index in [1.807, 2.05) is 26.0 Å². The summed E-state index contributed by atoms with van der Waals surface area (Å²) in [6.45, 7) is 9.54. The number of Topliss-reactive ketones (excluding diaryl/α,β-unsaturated/α-hetero) is 1. The zero-order valence-corrected chi connectivity index (χ0v) is 27.0. The molecule has 1 amide bonds. The largest absolute Gasteiger partial charge is 0.489 e. The van der Waals surface area contributed by atoms with Gasteiger partial charge in [0.05, 0.1) is 12.1 Å². The topological polar surface area (TPSA) is 86.5 Å². The van der Waals surface area contributed by atoms with E-state index < -0.39 is 28.7 Å². The number of hydrogen-bond acceptors (Lipinski definition) is 6. The highest BCUT2D eigenvalue weighted by atomic mass is 19.2. The lowest BCUT2D eigenvalue weighted by molar-refractivity contribution is 0.0285. The van der Waals surface area contributed by atoms with Crippen LogP contribution in [0.25, 0.3) is 22.0 Å². The van der Waals surface area contributed by atoms with Crippen molar-refractivity contribution in [3.05, 3.63) is 76.7 Å². The summed E-state index contributed by atoms with van der Waals surface area (Å²) in [5.41, 5.74) is 3.41. The van der Waals surface area contributed by atoms with E-state index in [1.165, 1.54) is 11.0 Å². The highest BCUT2D eigenvalue weighted by Crippen LogP contribution is 2.43. The molecule has 45 heavy (non-hydrogen) atoms. The number of pyridine rings is 1. The van der Waals surface area contributed by atoms with Crippen molar-refractivity contribution in [2.75, 3.05) is 13.7 Å². The number of nitrogens with zero attached hydrogens (tertiary/aromatic N) is 4. The summed E-state index contributed by atoms with van der Waals surface area (Å²) >= 11 is 0. The van der Waals surface area contributed by atoms with Crippen LogP contribution >= 0.6 is 0 Å². The first-order chi connectivity index (χ1) is 21.2. The van der Waals surface area contributed by atoms with Gasteiger partial charge in [-0.3, -0.25) is 14.5 Å². The van der Waals surface area contributed by atoms with Gasteiger partial charge < -0.3 is 14.4 Å². The zero-order valence-electron chi connectivity index (χ0n) is 27.0. The predicted molar refractivity (Wildman–Crippen MR) is 168 cm³/mol. The predicted octanol–water partition coefficient (Wildman–Crippen LogP) is 7.58. The Morgan fingerprint density at radius 3 is 2.51 bits per heavy atom. The molecule has 1 aliphatic rings. The van der Waals surface area contributed by atoms with Gasteiger partial charge >= 0.3 is 6.09 Å². The Morgan fingerprint density at radius 2 is 1.84 bits per heavy atom. The Hall–Kier alpha value is -4.34. The van der Waals surface area contributed by atoms with E-state index in [-0.39, 0.29) is 24.7 Å². The van der Waals surface area contributed by atoms with Gasteiger partial charge in [-0.05, 0) is 82.0 Å². The van der Waals surface area contributed by atoms with Crippen molar-refractivity contribution in [3.63, 3.8) is 0 Å². The zero-order chi connectivity index (χ0) is 32.7. The average molecular weight is 619 g/mol. The minimum absolute atomic E-state index is 0.0119. The molecule has 0 unspecified atom stereocenters. The molecule has 238 valence electrons. The molecule has 0 atom stereocenters. The lowest BCUT2D eigenvalue weighted by atomic mass is 9.66. The first kappa shape index (κ1) is 32.1. The second-order valence-electron chi connectivity index (χ2n) is 13.2. The van der Waals surface area contributed by atoms with Gasteiger partial charge in [0.1, 0.15) is 11.3 Å². The average Bonchev–Trinajstić information content (AvgIpc) is 3.25.